The van der Waals surface area contributed by atoms with E-state index in [1.54, 1.807) is 18.2 Å². The molecule has 1 heterocycles. The number of anilines is 1. The van der Waals surface area contributed by atoms with Gasteiger partial charge in [-0.05, 0) is 12.1 Å². The van der Waals surface area contributed by atoms with Crippen molar-refractivity contribution in [2.75, 3.05) is 12.8 Å². The first-order valence-electron chi connectivity index (χ1n) is 4.35. The third-order valence-electron chi connectivity index (χ3n) is 2.06. The molecule has 2 rings (SSSR count). The van der Waals surface area contributed by atoms with E-state index in [0.29, 0.717) is 22.8 Å². The number of nitrogens with two attached hydrogens (primary N) is 1. The number of benzene rings is 1. The van der Waals surface area contributed by atoms with Crippen LogP contribution < -0.4 is 10.5 Å². The first kappa shape index (κ1) is 9.51. The fourth-order valence-electron chi connectivity index (χ4n) is 1.32. The summed E-state index contributed by atoms with van der Waals surface area (Å²) in [4.78, 5) is 0. The summed E-state index contributed by atoms with van der Waals surface area (Å²) < 4.78 is 18.5. The molecule has 4 nitrogen and oxygen atoms in total. The van der Waals surface area contributed by atoms with Gasteiger partial charge in [0.05, 0.1) is 12.8 Å². The second-order valence-electron chi connectivity index (χ2n) is 3.05. The highest BCUT2D eigenvalue weighted by atomic mass is 19.1. The number of hydrogen-bond donors (Lipinski definition) is 2. The summed E-state index contributed by atoms with van der Waals surface area (Å²) in [5, 5.41) is 6.38. The van der Waals surface area contributed by atoms with Gasteiger partial charge in [0.2, 0.25) is 0 Å². The number of H-pyrrole nitrogens is 1. The molecule has 0 aliphatic rings. The summed E-state index contributed by atoms with van der Waals surface area (Å²) in [7, 11) is 1.49. The lowest BCUT2D eigenvalue weighted by molar-refractivity contribution is 0.411. The lowest BCUT2D eigenvalue weighted by Gasteiger charge is -2.02. The van der Waals surface area contributed by atoms with E-state index in [0.717, 1.165) is 0 Å². The number of nitrogens with one attached hydrogen (secondary N) is 1. The number of halogens is 1. The van der Waals surface area contributed by atoms with Crippen LogP contribution in [0.3, 0.4) is 0 Å². The molecule has 15 heavy (non-hydrogen) atoms. The van der Waals surface area contributed by atoms with Crippen molar-refractivity contribution in [1.29, 1.82) is 0 Å². The van der Waals surface area contributed by atoms with Crippen molar-refractivity contribution < 1.29 is 9.13 Å². The van der Waals surface area contributed by atoms with Gasteiger partial charge < -0.3 is 10.5 Å². The fraction of sp³-hybridized carbons (Fsp3) is 0.100. The van der Waals surface area contributed by atoms with Crippen LogP contribution in [0.4, 0.5) is 10.2 Å². The number of nitrogens with zero attached hydrogens (tertiary/aromatic N) is 1. The molecule has 0 radical (unpaired) electrons. The van der Waals surface area contributed by atoms with Gasteiger partial charge in [0.25, 0.3) is 0 Å². The van der Waals surface area contributed by atoms with Crippen molar-refractivity contribution >= 4 is 5.82 Å². The zero-order chi connectivity index (χ0) is 10.8. The molecule has 2 aromatic rings. The Hall–Kier alpha value is -2.04. The monoisotopic (exact) mass is 207 g/mol. The largest absolute Gasteiger partial charge is 0.497 e. The Morgan fingerprint density at radius 3 is 2.73 bits per heavy atom. The van der Waals surface area contributed by atoms with Crippen molar-refractivity contribution in [1.82, 2.24) is 10.2 Å². The smallest absolute Gasteiger partial charge is 0.145 e. The highest BCUT2D eigenvalue weighted by Crippen LogP contribution is 2.25. The molecule has 0 unspecified atom stereocenters. The Morgan fingerprint density at radius 1 is 1.40 bits per heavy atom. The minimum atomic E-state index is -0.377. The lowest BCUT2D eigenvalue weighted by Crippen LogP contribution is -1.88. The highest BCUT2D eigenvalue weighted by Gasteiger charge is 2.08. The molecule has 5 heteroatoms. The van der Waals surface area contributed by atoms with E-state index in [1.807, 2.05) is 0 Å². The van der Waals surface area contributed by atoms with Crippen LogP contribution in [0.25, 0.3) is 11.3 Å². The van der Waals surface area contributed by atoms with Gasteiger partial charge in [-0.25, -0.2) is 4.39 Å². The molecule has 1 aromatic heterocycles. The third-order valence-corrected chi connectivity index (χ3v) is 2.06. The SMILES string of the molecule is COc1ccc(-c2cc(N)n[nH]2)c(F)c1. The van der Waals surface area contributed by atoms with Gasteiger partial charge in [-0.2, -0.15) is 5.10 Å². The zero-order valence-electron chi connectivity index (χ0n) is 8.12. The first-order valence-corrected chi connectivity index (χ1v) is 4.35. The predicted octanol–water partition coefficient (Wildman–Crippen LogP) is 1.81. The summed E-state index contributed by atoms with van der Waals surface area (Å²) in [6.07, 6.45) is 0. The van der Waals surface area contributed by atoms with Crippen LogP contribution in [0.2, 0.25) is 0 Å². The van der Waals surface area contributed by atoms with Crippen LogP contribution in [0.1, 0.15) is 0 Å². The second-order valence-corrected chi connectivity index (χ2v) is 3.05. The Balaban J connectivity index is 2.45. The highest BCUT2D eigenvalue weighted by molar-refractivity contribution is 5.63. The van der Waals surface area contributed by atoms with E-state index in [2.05, 4.69) is 10.2 Å². The molecule has 0 aliphatic carbocycles. The molecular weight excluding hydrogens is 197 g/mol. The van der Waals surface area contributed by atoms with Crippen molar-refractivity contribution in [3.63, 3.8) is 0 Å². The standard InChI is InChI=1S/C10H10FN3O/c1-15-6-2-3-7(8(11)4-6)9-5-10(12)14-13-9/h2-5H,1H3,(H3,12,13,14). The van der Waals surface area contributed by atoms with E-state index in [9.17, 15) is 4.39 Å². The molecule has 0 atom stereocenters. The van der Waals surface area contributed by atoms with Crippen LogP contribution in [0, 0.1) is 5.82 Å². The summed E-state index contributed by atoms with van der Waals surface area (Å²) in [5.41, 5.74) is 6.40. The number of methoxy groups -OCH3 is 1. The minimum Gasteiger partial charge on any atom is -0.497 e. The molecule has 1 aromatic carbocycles. The van der Waals surface area contributed by atoms with Gasteiger partial charge in [0.1, 0.15) is 17.4 Å². The van der Waals surface area contributed by atoms with E-state index < -0.39 is 0 Å². The van der Waals surface area contributed by atoms with E-state index in [1.165, 1.54) is 13.2 Å². The molecule has 0 spiro atoms. The molecule has 0 amide bonds. The van der Waals surface area contributed by atoms with Crippen molar-refractivity contribution in [3.05, 3.63) is 30.1 Å². The number of ether oxygens (including phenoxy) is 1. The van der Waals surface area contributed by atoms with Crippen molar-refractivity contribution in [2.24, 2.45) is 0 Å². The van der Waals surface area contributed by atoms with Crippen molar-refractivity contribution in [2.45, 2.75) is 0 Å². The van der Waals surface area contributed by atoms with E-state index >= 15 is 0 Å². The van der Waals surface area contributed by atoms with Gasteiger partial charge in [0.15, 0.2) is 0 Å². The molecule has 0 bridgehead atoms. The van der Waals surface area contributed by atoms with Gasteiger partial charge in [-0.1, -0.05) is 0 Å². The number of nitrogen functional groups attached to an aromatic ring is 1. The Kier molecular flexibility index (Phi) is 2.29. The topological polar surface area (TPSA) is 63.9 Å². The average molecular weight is 207 g/mol. The normalized spacial score (nSPS) is 10.3. The number of aromatic amines is 1. The molecule has 78 valence electrons. The average Bonchev–Trinajstić information content (AvgIpc) is 2.64. The van der Waals surface area contributed by atoms with Gasteiger partial charge in [-0.15, -0.1) is 0 Å². The zero-order valence-corrected chi connectivity index (χ0v) is 8.12. The Bertz CT molecular complexity index is 481. The van der Waals surface area contributed by atoms with Crippen LogP contribution in [0.15, 0.2) is 24.3 Å². The fourth-order valence-corrected chi connectivity index (χ4v) is 1.32. The van der Waals surface area contributed by atoms with Crippen LogP contribution in [-0.2, 0) is 0 Å². The van der Waals surface area contributed by atoms with Gasteiger partial charge in [-0.3, -0.25) is 5.10 Å². The quantitative estimate of drug-likeness (QED) is 0.789. The lowest BCUT2D eigenvalue weighted by atomic mass is 10.1. The van der Waals surface area contributed by atoms with Crippen LogP contribution in [-0.4, -0.2) is 17.3 Å². The van der Waals surface area contributed by atoms with Crippen molar-refractivity contribution in [3.8, 4) is 17.0 Å². The summed E-state index contributed by atoms with van der Waals surface area (Å²) in [6, 6.07) is 6.17. The summed E-state index contributed by atoms with van der Waals surface area (Å²) in [6.45, 7) is 0. The second kappa shape index (κ2) is 3.61. The molecule has 3 N–H and O–H groups in total. The molecule has 0 saturated carbocycles. The van der Waals surface area contributed by atoms with E-state index in [-0.39, 0.29) is 5.82 Å². The summed E-state index contributed by atoms with van der Waals surface area (Å²) >= 11 is 0. The minimum absolute atomic E-state index is 0.334. The summed E-state index contributed by atoms with van der Waals surface area (Å²) in [5.74, 6) is 0.432. The third kappa shape index (κ3) is 1.76. The molecular formula is C10H10FN3O. The maximum atomic E-state index is 13.6. The van der Waals surface area contributed by atoms with E-state index in [4.69, 9.17) is 10.5 Å². The van der Waals surface area contributed by atoms with Crippen LogP contribution >= 0.6 is 0 Å². The Labute approximate surface area is 85.9 Å². The molecule has 0 aliphatic heterocycles. The maximum Gasteiger partial charge on any atom is 0.145 e. The predicted molar refractivity (Wildman–Crippen MR) is 54.9 cm³/mol. The molecule has 0 fully saturated rings. The number of aromatic nitrogens is 2. The van der Waals surface area contributed by atoms with Crippen LogP contribution in [0.5, 0.6) is 5.75 Å². The maximum absolute atomic E-state index is 13.6. The number of hydrogen-bond acceptors (Lipinski definition) is 3. The molecule has 0 saturated heterocycles. The van der Waals surface area contributed by atoms with Gasteiger partial charge in [0, 0.05) is 17.7 Å². The first-order chi connectivity index (χ1) is 7.20. The number of rotatable bonds is 2. The Morgan fingerprint density at radius 2 is 2.20 bits per heavy atom. The van der Waals surface area contributed by atoms with Gasteiger partial charge >= 0.3 is 0 Å².